The molecule has 368 valence electrons. The summed E-state index contributed by atoms with van der Waals surface area (Å²) in [4.78, 5) is 95.9. The van der Waals surface area contributed by atoms with Crippen molar-refractivity contribution in [3.63, 3.8) is 0 Å². The number of anilines is 2. The number of nitrogens with zero attached hydrogens (tertiary/aromatic N) is 6. The summed E-state index contributed by atoms with van der Waals surface area (Å²) in [7, 11) is 0. The van der Waals surface area contributed by atoms with Crippen molar-refractivity contribution in [3.8, 4) is 22.8 Å². The second-order valence-electron chi connectivity index (χ2n) is 18.1. The van der Waals surface area contributed by atoms with Crippen LogP contribution in [0.15, 0.2) is 72.8 Å². The van der Waals surface area contributed by atoms with Gasteiger partial charge in [-0.1, -0.05) is 18.2 Å². The van der Waals surface area contributed by atoms with E-state index in [1.165, 1.54) is 0 Å². The minimum absolute atomic E-state index is 0.0423. The zero-order valence-corrected chi connectivity index (χ0v) is 38.9. The van der Waals surface area contributed by atoms with Crippen LogP contribution in [0.3, 0.4) is 0 Å². The molecule has 0 aliphatic carbocycles. The van der Waals surface area contributed by atoms with Crippen molar-refractivity contribution in [1.82, 2.24) is 35.1 Å². The van der Waals surface area contributed by atoms with Gasteiger partial charge in [0.05, 0.1) is 37.0 Å². The highest BCUT2D eigenvalue weighted by Crippen LogP contribution is 2.40. The average Bonchev–Trinajstić information content (AvgIpc) is 3.89. The molecule has 20 heteroatoms. The first-order valence-electron chi connectivity index (χ1n) is 24.0. The highest BCUT2D eigenvalue weighted by atomic mass is 16.5. The van der Waals surface area contributed by atoms with Crippen LogP contribution in [0.2, 0.25) is 0 Å². The Kier molecular flexibility index (Phi) is 14.8. The lowest BCUT2D eigenvalue weighted by molar-refractivity contribution is -0.138. The number of aromatic nitrogens is 2. The number of ether oxygens (including phenoxy) is 3. The van der Waals surface area contributed by atoms with Crippen LogP contribution in [0, 0.1) is 5.92 Å². The lowest BCUT2D eigenvalue weighted by Crippen LogP contribution is -2.54. The number of primary amides is 1. The van der Waals surface area contributed by atoms with Crippen LogP contribution in [0.25, 0.3) is 11.3 Å². The van der Waals surface area contributed by atoms with Gasteiger partial charge in [-0.25, -0.2) is 4.68 Å². The number of imide groups is 2. The number of carbonyl (C=O) groups excluding carboxylic acids is 7. The molecule has 3 fully saturated rings. The summed E-state index contributed by atoms with van der Waals surface area (Å²) in [6.45, 7) is 6.33. The first-order valence-corrected chi connectivity index (χ1v) is 24.0. The Bertz CT molecular complexity index is 2610. The number of benzene rings is 3. The number of hydrogen-bond donors (Lipinski definition) is 4. The van der Waals surface area contributed by atoms with Gasteiger partial charge in [0.25, 0.3) is 17.7 Å². The summed E-state index contributed by atoms with van der Waals surface area (Å²) in [5.41, 5.74) is 8.87. The van der Waals surface area contributed by atoms with E-state index >= 15 is 0 Å². The molecule has 9 rings (SSSR count). The van der Waals surface area contributed by atoms with Gasteiger partial charge in [0.1, 0.15) is 41.2 Å². The van der Waals surface area contributed by atoms with Crippen LogP contribution >= 0.6 is 0 Å². The number of likely N-dealkylation sites (tertiary alicyclic amines) is 1. The van der Waals surface area contributed by atoms with Gasteiger partial charge >= 0.3 is 0 Å². The quantitative estimate of drug-likeness (QED) is 0.0829. The Labute approximate surface area is 404 Å². The van der Waals surface area contributed by atoms with Crippen LogP contribution in [-0.2, 0) is 28.7 Å². The SMILES string of the molecule is NC(=O)c1c(-c2ccc(Oc3ccccc3)cc2)nn2c1NCC[C@H]2C1CCN(C(=O)COCCOCCNC(=O)CCN2CCN(c3ccc4c(c3)C(=O)N(C3CCC(=O)NC3=O)C4=O)CC2)CC1. The normalized spacial score (nSPS) is 19.6. The zero-order valence-electron chi connectivity index (χ0n) is 38.9. The molecule has 5 aliphatic heterocycles. The maximum atomic E-state index is 13.3. The molecular formula is C50H58N10O10. The molecule has 1 unspecified atom stereocenters. The Morgan fingerprint density at radius 2 is 1.51 bits per heavy atom. The third kappa shape index (κ3) is 10.7. The van der Waals surface area contributed by atoms with Crippen molar-refractivity contribution in [3.05, 3.63) is 89.5 Å². The van der Waals surface area contributed by atoms with E-state index in [2.05, 4.69) is 25.8 Å². The van der Waals surface area contributed by atoms with Gasteiger partial charge in [0, 0.05) is 83.0 Å². The molecule has 0 bridgehead atoms. The maximum Gasteiger partial charge on any atom is 0.262 e. The van der Waals surface area contributed by atoms with Gasteiger partial charge in [-0.2, -0.15) is 5.10 Å². The molecule has 0 saturated carbocycles. The van der Waals surface area contributed by atoms with E-state index in [-0.39, 0.29) is 67.6 Å². The smallest absolute Gasteiger partial charge is 0.262 e. The monoisotopic (exact) mass is 958 g/mol. The van der Waals surface area contributed by atoms with Crippen LogP contribution in [-0.4, -0.2) is 157 Å². The number of amides is 7. The van der Waals surface area contributed by atoms with E-state index in [0.29, 0.717) is 94.8 Å². The van der Waals surface area contributed by atoms with Crippen molar-refractivity contribution in [2.24, 2.45) is 11.7 Å². The molecule has 2 atom stereocenters. The minimum atomic E-state index is -1.01. The highest BCUT2D eigenvalue weighted by molar-refractivity contribution is 6.23. The number of hydrogen-bond acceptors (Lipinski definition) is 14. The number of rotatable bonds is 18. The first-order chi connectivity index (χ1) is 34.0. The van der Waals surface area contributed by atoms with Crippen LogP contribution in [0.1, 0.15) is 75.6 Å². The summed E-state index contributed by atoms with van der Waals surface area (Å²) >= 11 is 0. The lowest BCUT2D eigenvalue weighted by Gasteiger charge is -2.38. The van der Waals surface area contributed by atoms with E-state index in [4.69, 9.17) is 25.0 Å². The first kappa shape index (κ1) is 47.9. The van der Waals surface area contributed by atoms with E-state index in [0.717, 1.165) is 41.2 Å². The Hall–Kier alpha value is -7.16. The average molecular weight is 959 g/mol. The van der Waals surface area contributed by atoms with Crippen molar-refractivity contribution in [2.75, 3.05) is 95.5 Å². The molecule has 4 aromatic rings. The van der Waals surface area contributed by atoms with E-state index in [1.54, 1.807) is 18.2 Å². The fourth-order valence-electron chi connectivity index (χ4n) is 9.98. The van der Waals surface area contributed by atoms with Crippen LogP contribution in [0.5, 0.6) is 11.5 Å². The van der Waals surface area contributed by atoms with E-state index in [9.17, 15) is 33.6 Å². The fourth-order valence-corrected chi connectivity index (χ4v) is 9.98. The molecule has 3 saturated heterocycles. The maximum absolute atomic E-state index is 13.3. The summed E-state index contributed by atoms with van der Waals surface area (Å²) in [6.07, 6.45) is 2.90. The Morgan fingerprint density at radius 1 is 0.786 bits per heavy atom. The fraction of sp³-hybridized carbons (Fsp3) is 0.440. The summed E-state index contributed by atoms with van der Waals surface area (Å²) < 4.78 is 19.2. The standard InChI is InChI=1S/C50H58N10O10/c51-46(64)44-45(33-6-9-36(10-7-33)70-35-4-2-1-3-5-35)55-60-39(14-18-53-47(44)60)32-15-21-58(22-16-32)43(63)31-69-29-28-68-27-19-52-41(61)17-20-56-23-25-57(26-24-56)34-8-11-37-38(30-34)50(67)59(49(37)66)40-12-13-42(62)54-48(40)65/h1-11,30,32,39-40,53H,12-29,31H2,(H2,51,64)(H,52,61)(H,54,62,65)/t39-,40?/m0/s1. The van der Waals surface area contributed by atoms with Gasteiger partial charge in [-0.3, -0.25) is 48.7 Å². The summed E-state index contributed by atoms with van der Waals surface area (Å²) in [5.74, 6) is -0.564. The third-order valence-electron chi connectivity index (χ3n) is 13.7. The topological polar surface area (TPSA) is 240 Å². The highest BCUT2D eigenvalue weighted by Gasteiger charge is 2.45. The number of nitrogens with one attached hydrogen (secondary N) is 3. The number of carbonyl (C=O) groups is 7. The van der Waals surface area contributed by atoms with Gasteiger partial charge < -0.3 is 40.4 Å². The molecule has 0 spiro atoms. The molecule has 3 aromatic carbocycles. The Morgan fingerprint density at radius 3 is 2.26 bits per heavy atom. The number of para-hydroxylation sites is 1. The predicted molar refractivity (Wildman–Crippen MR) is 255 cm³/mol. The van der Waals surface area contributed by atoms with Crippen LogP contribution in [0.4, 0.5) is 11.5 Å². The molecule has 6 heterocycles. The molecule has 7 amide bonds. The number of nitrogens with two attached hydrogens (primary N) is 1. The molecule has 5 N–H and O–H groups in total. The van der Waals surface area contributed by atoms with Crippen molar-refractivity contribution in [1.29, 1.82) is 0 Å². The second-order valence-corrected chi connectivity index (χ2v) is 18.1. The molecule has 70 heavy (non-hydrogen) atoms. The predicted octanol–water partition coefficient (Wildman–Crippen LogP) is 2.80. The van der Waals surface area contributed by atoms with Gasteiger partial charge in [0.2, 0.25) is 23.6 Å². The second kappa shape index (κ2) is 21.6. The summed E-state index contributed by atoms with van der Waals surface area (Å²) in [6, 6.07) is 21.1. The van der Waals surface area contributed by atoms with E-state index < -0.39 is 35.6 Å². The van der Waals surface area contributed by atoms with Crippen molar-refractivity contribution >= 4 is 52.9 Å². The van der Waals surface area contributed by atoms with Gasteiger partial charge in [-0.15, -0.1) is 0 Å². The zero-order chi connectivity index (χ0) is 48.7. The molecule has 1 aromatic heterocycles. The third-order valence-corrected chi connectivity index (χ3v) is 13.7. The van der Waals surface area contributed by atoms with E-state index in [1.807, 2.05) is 64.2 Å². The molecular weight excluding hydrogens is 901 g/mol. The van der Waals surface area contributed by atoms with Crippen LogP contribution < -0.4 is 31.3 Å². The van der Waals surface area contributed by atoms with Crippen molar-refractivity contribution in [2.45, 2.75) is 50.6 Å². The largest absolute Gasteiger partial charge is 0.457 e. The molecule has 5 aliphatic rings. The minimum Gasteiger partial charge on any atom is -0.457 e. The number of piperazine rings is 1. The number of piperidine rings is 2. The Balaban J connectivity index is 0.633. The molecule has 20 nitrogen and oxygen atoms in total. The molecule has 0 radical (unpaired) electrons. The van der Waals surface area contributed by atoms with Gasteiger partial charge in [-0.05, 0) is 86.2 Å². The van der Waals surface area contributed by atoms with Crippen molar-refractivity contribution < 1.29 is 47.8 Å². The van der Waals surface area contributed by atoms with Gasteiger partial charge in [0.15, 0.2) is 0 Å². The number of fused-ring (bicyclic) bond motifs is 2. The lowest BCUT2D eigenvalue weighted by atomic mass is 9.87. The summed E-state index contributed by atoms with van der Waals surface area (Å²) in [5, 5.41) is 13.4.